The molecule has 21 heavy (non-hydrogen) atoms. The minimum absolute atomic E-state index is 0.461. The molecule has 0 aliphatic rings. The maximum atomic E-state index is 12.0. The summed E-state index contributed by atoms with van der Waals surface area (Å²) in [5, 5.41) is 1.73. The molecule has 2 aromatic heterocycles. The quantitative estimate of drug-likeness (QED) is 0.554. The number of para-hydroxylation sites is 1. The molecule has 0 aliphatic carbocycles. The Bertz CT molecular complexity index is 1040. The zero-order valence-corrected chi connectivity index (χ0v) is 12.4. The number of benzene rings is 2. The number of primary amides is 1. The fourth-order valence-electron chi connectivity index (χ4n) is 2.74. The van der Waals surface area contributed by atoms with Gasteiger partial charge in [-0.05, 0) is 24.3 Å². The zero-order chi connectivity index (χ0) is 14.6. The van der Waals surface area contributed by atoms with Gasteiger partial charge in [-0.25, -0.2) is 4.98 Å². The Balaban J connectivity index is 2.32. The summed E-state index contributed by atoms with van der Waals surface area (Å²) in [6.45, 7) is 0. The molecular weight excluding hydrogens is 330 g/mol. The number of hydrogen-bond donors (Lipinski definition) is 2. The van der Waals surface area contributed by atoms with Crippen molar-refractivity contribution in [3.8, 4) is 0 Å². The molecule has 0 fully saturated rings. The van der Waals surface area contributed by atoms with Gasteiger partial charge in [-0.15, -0.1) is 0 Å². The lowest BCUT2D eigenvalue weighted by Gasteiger charge is -2.05. The Labute approximate surface area is 128 Å². The van der Waals surface area contributed by atoms with Crippen molar-refractivity contribution in [3.63, 3.8) is 0 Å². The molecule has 102 valence electrons. The number of halogens is 1. The number of aromatic amines is 1. The monoisotopic (exact) mass is 339 g/mol. The largest absolute Gasteiger partial charge is 0.366 e. The van der Waals surface area contributed by atoms with Crippen LogP contribution in [0, 0.1) is 0 Å². The van der Waals surface area contributed by atoms with E-state index in [4.69, 9.17) is 10.7 Å². The molecule has 4 rings (SSSR count). The van der Waals surface area contributed by atoms with E-state index in [2.05, 4.69) is 20.9 Å². The van der Waals surface area contributed by atoms with E-state index in [1.165, 1.54) is 0 Å². The molecule has 0 unspecified atom stereocenters. The molecule has 3 N–H and O–H groups in total. The van der Waals surface area contributed by atoms with Crippen LogP contribution in [0.3, 0.4) is 0 Å². The van der Waals surface area contributed by atoms with Crippen LogP contribution in [0.1, 0.15) is 10.4 Å². The summed E-state index contributed by atoms with van der Waals surface area (Å²) in [5.74, 6) is -0.461. The van der Waals surface area contributed by atoms with Crippen LogP contribution in [0.25, 0.3) is 32.8 Å². The third-order valence-corrected chi connectivity index (χ3v) is 4.13. The highest BCUT2D eigenvalue weighted by atomic mass is 79.9. The van der Waals surface area contributed by atoms with Crippen molar-refractivity contribution in [2.45, 2.75) is 0 Å². The third kappa shape index (κ3) is 1.74. The molecule has 0 aliphatic heterocycles. The van der Waals surface area contributed by atoms with E-state index >= 15 is 0 Å². The Morgan fingerprint density at radius 3 is 2.76 bits per heavy atom. The summed E-state index contributed by atoms with van der Waals surface area (Å²) in [6, 6.07) is 13.5. The zero-order valence-electron chi connectivity index (χ0n) is 10.9. The minimum atomic E-state index is -0.461. The highest BCUT2D eigenvalue weighted by Gasteiger charge is 2.17. The van der Waals surface area contributed by atoms with Crippen molar-refractivity contribution in [3.05, 3.63) is 52.5 Å². The first-order valence-corrected chi connectivity index (χ1v) is 7.24. The van der Waals surface area contributed by atoms with Crippen LogP contribution in [-0.4, -0.2) is 15.9 Å². The molecule has 2 aromatic carbocycles. The van der Waals surface area contributed by atoms with Crippen molar-refractivity contribution < 1.29 is 4.79 Å². The van der Waals surface area contributed by atoms with Gasteiger partial charge in [0.2, 0.25) is 0 Å². The first kappa shape index (κ1) is 12.3. The summed E-state index contributed by atoms with van der Waals surface area (Å²) >= 11 is 3.42. The highest BCUT2D eigenvalue weighted by molar-refractivity contribution is 9.10. The van der Waals surface area contributed by atoms with E-state index in [-0.39, 0.29) is 0 Å². The molecule has 0 bridgehead atoms. The first-order chi connectivity index (χ1) is 10.1. The van der Waals surface area contributed by atoms with Gasteiger partial charge in [-0.3, -0.25) is 4.79 Å². The Hall–Kier alpha value is -2.40. The summed E-state index contributed by atoms with van der Waals surface area (Å²) in [7, 11) is 0. The molecule has 4 aromatic rings. The van der Waals surface area contributed by atoms with Crippen LogP contribution in [0.4, 0.5) is 0 Å². The second-order valence-corrected chi connectivity index (χ2v) is 5.82. The summed E-state index contributed by atoms with van der Waals surface area (Å²) < 4.78 is 0.884. The number of nitrogens with two attached hydrogens (primary N) is 1. The molecule has 0 saturated heterocycles. The third-order valence-electron chi connectivity index (χ3n) is 3.64. The SMILES string of the molecule is NC(=O)c1c2cc(Br)ccc2nc2c1[nH]c1ccccc12. The molecule has 0 radical (unpaired) electrons. The lowest BCUT2D eigenvalue weighted by atomic mass is 10.1. The van der Waals surface area contributed by atoms with E-state index in [0.29, 0.717) is 11.1 Å². The van der Waals surface area contributed by atoms with Crippen molar-refractivity contribution in [1.29, 1.82) is 0 Å². The summed E-state index contributed by atoms with van der Waals surface area (Å²) in [4.78, 5) is 19.9. The van der Waals surface area contributed by atoms with Crippen molar-refractivity contribution in [1.82, 2.24) is 9.97 Å². The van der Waals surface area contributed by atoms with Gasteiger partial charge < -0.3 is 10.7 Å². The van der Waals surface area contributed by atoms with Crippen LogP contribution in [0.15, 0.2) is 46.9 Å². The Morgan fingerprint density at radius 2 is 1.95 bits per heavy atom. The maximum absolute atomic E-state index is 12.0. The van der Waals surface area contributed by atoms with Gasteiger partial charge in [0.15, 0.2) is 0 Å². The number of aromatic nitrogens is 2. The standard InChI is InChI=1S/C16H10BrN3O/c17-8-5-6-12-10(7-8)13(16(18)21)15-14(19-12)9-3-1-2-4-11(9)20-15/h1-7,20H,(H2,18,21). The van der Waals surface area contributed by atoms with Gasteiger partial charge in [-0.2, -0.15) is 0 Å². The van der Waals surface area contributed by atoms with E-state index in [1.54, 1.807) is 0 Å². The molecule has 2 heterocycles. The van der Waals surface area contributed by atoms with Crippen molar-refractivity contribution in [2.24, 2.45) is 5.73 Å². The van der Waals surface area contributed by atoms with Crippen LogP contribution in [-0.2, 0) is 0 Å². The average Bonchev–Trinajstić information content (AvgIpc) is 2.82. The van der Waals surface area contributed by atoms with Crippen LogP contribution < -0.4 is 5.73 Å². The van der Waals surface area contributed by atoms with Gasteiger partial charge in [-0.1, -0.05) is 34.1 Å². The lowest BCUT2D eigenvalue weighted by Crippen LogP contribution is -2.12. The van der Waals surface area contributed by atoms with Gasteiger partial charge in [0.05, 0.1) is 22.1 Å². The summed E-state index contributed by atoms with van der Waals surface area (Å²) in [6.07, 6.45) is 0. The van der Waals surface area contributed by atoms with Crippen molar-refractivity contribution in [2.75, 3.05) is 0 Å². The maximum Gasteiger partial charge on any atom is 0.251 e. The van der Waals surface area contributed by atoms with Gasteiger partial charge in [0, 0.05) is 20.8 Å². The lowest BCUT2D eigenvalue weighted by molar-refractivity contribution is 0.100. The average molecular weight is 340 g/mol. The van der Waals surface area contributed by atoms with E-state index < -0.39 is 5.91 Å². The van der Waals surface area contributed by atoms with Gasteiger partial charge in [0.1, 0.15) is 0 Å². The predicted octanol–water partition coefficient (Wildman–Crippen LogP) is 3.73. The Morgan fingerprint density at radius 1 is 1.14 bits per heavy atom. The molecule has 1 amide bonds. The van der Waals surface area contributed by atoms with Gasteiger partial charge >= 0.3 is 0 Å². The van der Waals surface area contributed by atoms with E-state index in [0.717, 1.165) is 31.8 Å². The molecule has 0 atom stereocenters. The van der Waals surface area contributed by atoms with Gasteiger partial charge in [0.25, 0.3) is 5.91 Å². The van der Waals surface area contributed by atoms with Crippen LogP contribution >= 0.6 is 15.9 Å². The first-order valence-electron chi connectivity index (χ1n) is 6.44. The van der Waals surface area contributed by atoms with E-state index in [9.17, 15) is 4.79 Å². The number of hydrogen-bond acceptors (Lipinski definition) is 2. The number of nitrogens with zero attached hydrogens (tertiary/aromatic N) is 1. The number of amides is 1. The normalized spacial score (nSPS) is 11.5. The number of fused-ring (bicyclic) bond motifs is 4. The second kappa shape index (κ2) is 4.30. The molecule has 0 spiro atoms. The topological polar surface area (TPSA) is 71.8 Å². The Kier molecular flexibility index (Phi) is 2.53. The number of pyridine rings is 1. The molecule has 4 nitrogen and oxygen atoms in total. The number of H-pyrrole nitrogens is 1. The number of carbonyl (C=O) groups is 1. The van der Waals surface area contributed by atoms with Crippen LogP contribution in [0.5, 0.6) is 0 Å². The molecular formula is C16H10BrN3O. The second-order valence-electron chi connectivity index (χ2n) is 4.91. The minimum Gasteiger partial charge on any atom is -0.366 e. The molecule has 5 heteroatoms. The van der Waals surface area contributed by atoms with Crippen molar-refractivity contribution >= 4 is 54.7 Å². The fourth-order valence-corrected chi connectivity index (χ4v) is 3.10. The molecule has 0 saturated carbocycles. The fraction of sp³-hybridized carbons (Fsp3) is 0. The van der Waals surface area contributed by atoms with E-state index in [1.807, 2.05) is 42.5 Å². The number of carbonyl (C=O) groups excluding carboxylic acids is 1. The van der Waals surface area contributed by atoms with Crippen LogP contribution in [0.2, 0.25) is 0 Å². The number of rotatable bonds is 1. The number of nitrogens with one attached hydrogen (secondary N) is 1. The predicted molar refractivity (Wildman–Crippen MR) is 87.3 cm³/mol. The smallest absolute Gasteiger partial charge is 0.251 e. The summed E-state index contributed by atoms with van der Waals surface area (Å²) in [5.41, 5.74) is 9.25. The highest BCUT2D eigenvalue weighted by Crippen LogP contribution is 2.31.